The number of halogens is 1. The average Bonchev–Trinajstić information content (AvgIpc) is 2.83. The van der Waals surface area contributed by atoms with Crippen LogP contribution < -0.4 is 9.73 Å². The van der Waals surface area contributed by atoms with Gasteiger partial charge in [0.2, 0.25) is 5.43 Å². The zero-order chi connectivity index (χ0) is 23.8. The lowest BCUT2D eigenvalue weighted by Crippen LogP contribution is -2.44. The van der Waals surface area contributed by atoms with Crippen molar-refractivity contribution < 1.29 is 13.2 Å². The number of hydrogen-bond donors (Lipinski definition) is 1. The first-order chi connectivity index (χ1) is 15.7. The summed E-state index contributed by atoms with van der Waals surface area (Å²) in [7, 11) is -2.44. The molecule has 4 rings (SSSR count). The molecule has 1 atom stereocenters. The highest BCUT2D eigenvalue weighted by molar-refractivity contribution is 9.10. The van der Waals surface area contributed by atoms with Crippen LogP contribution in [0.15, 0.2) is 62.8 Å². The van der Waals surface area contributed by atoms with Gasteiger partial charge in [0.15, 0.2) is 0 Å². The van der Waals surface area contributed by atoms with E-state index < -0.39 is 15.5 Å². The van der Waals surface area contributed by atoms with Gasteiger partial charge in [0.1, 0.15) is 5.56 Å². The molecule has 1 amide bonds. The number of anilines is 1. The Balaban J connectivity index is 1.74. The summed E-state index contributed by atoms with van der Waals surface area (Å²) in [5.74, 6) is -0.301. The molecule has 0 bridgehead atoms. The lowest BCUT2D eigenvalue weighted by Gasteiger charge is -2.35. The molecule has 1 aliphatic rings. The number of H-pyrrole nitrogens is 1. The number of aromatic nitrogens is 1. The van der Waals surface area contributed by atoms with E-state index >= 15 is 0 Å². The number of amides is 1. The van der Waals surface area contributed by atoms with E-state index in [-0.39, 0.29) is 27.8 Å². The number of fused-ring (bicyclic) bond motifs is 1. The highest BCUT2D eigenvalue weighted by Gasteiger charge is 2.28. The van der Waals surface area contributed by atoms with Crippen molar-refractivity contribution in [2.75, 3.05) is 17.9 Å². The van der Waals surface area contributed by atoms with Crippen LogP contribution in [0.5, 0.6) is 0 Å². The maximum Gasteiger partial charge on any atom is 0.264 e. The van der Waals surface area contributed by atoms with Gasteiger partial charge in [-0.25, -0.2) is 8.42 Å². The molecule has 1 saturated heterocycles. The number of piperidine rings is 1. The average molecular weight is 532 g/mol. The van der Waals surface area contributed by atoms with Gasteiger partial charge in [0, 0.05) is 41.2 Å². The molecule has 3 aromatic rings. The number of benzene rings is 2. The second kappa shape index (κ2) is 9.30. The predicted octanol–water partition coefficient (Wildman–Crippen LogP) is 4.52. The normalized spacial score (nSPS) is 16.7. The van der Waals surface area contributed by atoms with Gasteiger partial charge >= 0.3 is 0 Å². The van der Waals surface area contributed by atoms with Crippen molar-refractivity contribution in [2.24, 2.45) is 0 Å². The van der Waals surface area contributed by atoms with E-state index in [1.807, 2.05) is 6.92 Å². The van der Waals surface area contributed by atoms with E-state index in [0.717, 1.165) is 30.2 Å². The highest BCUT2D eigenvalue weighted by Crippen LogP contribution is 2.26. The van der Waals surface area contributed by atoms with Crippen molar-refractivity contribution in [1.29, 1.82) is 0 Å². The van der Waals surface area contributed by atoms with Crippen LogP contribution in [-0.2, 0) is 10.0 Å². The Bertz CT molecular complexity index is 1350. The molecule has 174 valence electrons. The Kier molecular flexibility index (Phi) is 6.63. The fraction of sp³-hybridized carbons (Fsp3) is 0.333. The molecule has 7 nitrogen and oxygen atoms in total. The van der Waals surface area contributed by atoms with Crippen molar-refractivity contribution in [1.82, 2.24) is 9.88 Å². The molecule has 1 aliphatic heterocycles. The lowest BCUT2D eigenvalue weighted by molar-refractivity contribution is 0.0606. The first kappa shape index (κ1) is 23.5. The molecule has 1 aromatic heterocycles. The minimum Gasteiger partial charge on any atom is -0.360 e. The molecule has 0 saturated carbocycles. The summed E-state index contributed by atoms with van der Waals surface area (Å²) in [6, 6.07) is 11.4. The fourth-order valence-electron chi connectivity index (χ4n) is 4.31. The molecule has 0 aliphatic carbocycles. The number of hydrogen-bond acceptors (Lipinski definition) is 4. The first-order valence-corrected chi connectivity index (χ1v) is 13.2. The molecule has 9 heteroatoms. The first-order valence-electron chi connectivity index (χ1n) is 10.9. The minimum absolute atomic E-state index is 0.0140. The Morgan fingerprint density at radius 3 is 2.61 bits per heavy atom. The summed E-state index contributed by atoms with van der Waals surface area (Å²) in [5.41, 5.74) is 0.551. The maximum atomic E-state index is 13.3. The third-order valence-corrected chi connectivity index (χ3v) is 8.60. The number of rotatable bonds is 5. The van der Waals surface area contributed by atoms with E-state index in [4.69, 9.17) is 0 Å². The van der Waals surface area contributed by atoms with Gasteiger partial charge in [-0.2, -0.15) is 0 Å². The summed E-state index contributed by atoms with van der Waals surface area (Å²) >= 11 is 3.34. The number of sulfonamides is 1. The largest absolute Gasteiger partial charge is 0.360 e. The van der Waals surface area contributed by atoms with Crippen LogP contribution in [0.1, 0.15) is 43.0 Å². The number of nitrogens with zero attached hydrogens (tertiary/aromatic N) is 2. The highest BCUT2D eigenvalue weighted by atomic mass is 79.9. The molecular formula is C24H26BrN3O4S. The van der Waals surface area contributed by atoms with Gasteiger partial charge in [0.05, 0.1) is 10.6 Å². The topological polar surface area (TPSA) is 90.6 Å². The quantitative estimate of drug-likeness (QED) is 0.523. The molecule has 0 unspecified atom stereocenters. The van der Waals surface area contributed by atoms with Crippen LogP contribution in [-0.4, -0.2) is 43.8 Å². The third-order valence-electron chi connectivity index (χ3n) is 6.29. The summed E-state index contributed by atoms with van der Waals surface area (Å²) in [4.78, 5) is 31.3. The summed E-state index contributed by atoms with van der Waals surface area (Å²) < 4.78 is 28.5. The van der Waals surface area contributed by atoms with Gasteiger partial charge in [0.25, 0.3) is 15.9 Å². The molecular weight excluding hydrogens is 506 g/mol. The summed E-state index contributed by atoms with van der Waals surface area (Å²) in [6.07, 6.45) is 5.19. The van der Waals surface area contributed by atoms with Crippen LogP contribution in [0.25, 0.3) is 10.9 Å². The van der Waals surface area contributed by atoms with E-state index in [2.05, 4.69) is 20.9 Å². The SMILES string of the molecule is CC[C@H]1CCCCN1C(=O)c1c[nH]c2ccc(S(=O)(=O)N(C)c3ccc(Br)cc3)cc2c1=O. The monoisotopic (exact) mass is 531 g/mol. The van der Waals surface area contributed by atoms with E-state index in [9.17, 15) is 18.0 Å². The van der Waals surface area contributed by atoms with Crippen molar-refractivity contribution >= 4 is 48.5 Å². The van der Waals surface area contributed by atoms with Crippen molar-refractivity contribution in [3.8, 4) is 0 Å². The molecule has 2 aromatic carbocycles. The van der Waals surface area contributed by atoms with Gasteiger partial charge in [-0.1, -0.05) is 22.9 Å². The number of nitrogens with one attached hydrogen (secondary N) is 1. The van der Waals surface area contributed by atoms with Crippen molar-refractivity contribution in [3.05, 3.63) is 68.9 Å². The molecule has 0 spiro atoms. The van der Waals surface area contributed by atoms with Gasteiger partial charge in [-0.3, -0.25) is 13.9 Å². The Morgan fingerprint density at radius 2 is 1.91 bits per heavy atom. The Hall–Kier alpha value is -2.65. The van der Waals surface area contributed by atoms with Crippen LogP contribution >= 0.6 is 15.9 Å². The third kappa shape index (κ3) is 4.44. The van der Waals surface area contributed by atoms with Gasteiger partial charge in [-0.15, -0.1) is 0 Å². The maximum absolute atomic E-state index is 13.3. The molecule has 33 heavy (non-hydrogen) atoms. The van der Waals surface area contributed by atoms with Crippen LogP contribution in [0, 0.1) is 0 Å². The van der Waals surface area contributed by atoms with E-state index in [1.165, 1.54) is 29.7 Å². The predicted molar refractivity (Wildman–Crippen MR) is 133 cm³/mol. The number of carbonyl (C=O) groups excluding carboxylic acids is 1. The Labute approximate surface area is 201 Å². The molecule has 2 heterocycles. The summed E-state index contributed by atoms with van der Waals surface area (Å²) in [6.45, 7) is 2.67. The smallest absolute Gasteiger partial charge is 0.264 e. The standard InChI is InChI=1S/C24H26BrN3O4S/c1-3-17-6-4-5-13-28(17)24(30)21-15-26-22-12-11-19(14-20(22)23(21)29)33(31,32)27(2)18-9-7-16(25)8-10-18/h7-12,14-15,17H,3-6,13H2,1-2H3,(H,26,29)/t17-/m0/s1. The zero-order valence-corrected chi connectivity index (χ0v) is 20.9. The molecule has 0 radical (unpaired) electrons. The minimum atomic E-state index is -3.91. The molecule has 1 N–H and O–H groups in total. The van der Waals surface area contributed by atoms with Crippen molar-refractivity contribution in [2.45, 2.75) is 43.5 Å². The summed E-state index contributed by atoms with van der Waals surface area (Å²) in [5, 5.41) is 0.177. The van der Waals surface area contributed by atoms with E-state index in [0.29, 0.717) is 17.7 Å². The van der Waals surface area contributed by atoms with Crippen LogP contribution in [0.4, 0.5) is 5.69 Å². The zero-order valence-electron chi connectivity index (χ0n) is 18.5. The number of likely N-dealkylation sites (tertiary alicyclic amines) is 1. The van der Waals surface area contributed by atoms with Crippen LogP contribution in [0.3, 0.4) is 0 Å². The fourth-order valence-corrected chi connectivity index (χ4v) is 5.80. The second-order valence-corrected chi connectivity index (χ2v) is 11.1. The van der Waals surface area contributed by atoms with Gasteiger partial charge in [-0.05, 0) is 68.1 Å². The Morgan fingerprint density at radius 1 is 1.18 bits per heavy atom. The van der Waals surface area contributed by atoms with Gasteiger partial charge < -0.3 is 9.88 Å². The van der Waals surface area contributed by atoms with Crippen LogP contribution in [0.2, 0.25) is 0 Å². The molecule has 1 fully saturated rings. The lowest BCUT2D eigenvalue weighted by atomic mass is 9.99. The second-order valence-electron chi connectivity index (χ2n) is 8.24. The van der Waals surface area contributed by atoms with Crippen molar-refractivity contribution in [3.63, 3.8) is 0 Å². The van der Waals surface area contributed by atoms with E-state index in [1.54, 1.807) is 35.2 Å². The number of aromatic amines is 1. The number of carbonyl (C=O) groups is 1. The number of pyridine rings is 1.